The van der Waals surface area contributed by atoms with Crippen molar-refractivity contribution in [2.75, 3.05) is 32.8 Å². The molecule has 3 aliphatic rings. The molecule has 1 aliphatic carbocycles. The Morgan fingerprint density at radius 1 is 1.07 bits per heavy atom. The summed E-state index contributed by atoms with van der Waals surface area (Å²) in [6, 6.07) is 8.07. The van der Waals surface area contributed by atoms with Crippen molar-refractivity contribution in [2.45, 2.75) is 43.0 Å². The number of imide groups is 1. The van der Waals surface area contributed by atoms with E-state index in [1.54, 1.807) is 30.3 Å². The summed E-state index contributed by atoms with van der Waals surface area (Å²) in [7, 11) is -3.52. The van der Waals surface area contributed by atoms with E-state index in [1.807, 2.05) is 11.8 Å². The van der Waals surface area contributed by atoms with Gasteiger partial charge >= 0.3 is 6.03 Å². The Hall–Kier alpha value is -1.97. The maximum absolute atomic E-state index is 13.1. The summed E-state index contributed by atoms with van der Waals surface area (Å²) in [6.07, 6.45) is 3.67. The standard InChI is InChI=1S/C20H28N4O4S/c1-16-7-5-6-10-20(16)18(25)24(19(26)21-20)15-22-11-13-23(14-12-22)29(27,28)17-8-3-2-4-9-17/h2-4,8-9,16H,5-7,10-15H2,1H3,(H,21,26)/t16-,20+/m1/s1. The quantitative estimate of drug-likeness (QED) is 0.745. The number of hydrogen-bond acceptors (Lipinski definition) is 5. The van der Waals surface area contributed by atoms with E-state index >= 15 is 0 Å². The predicted molar refractivity (Wildman–Crippen MR) is 107 cm³/mol. The molecule has 9 heteroatoms. The average Bonchev–Trinajstić information content (AvgIpc) is 2.96. The van der Waals surface area contributed by atoms with E-state index in [4.69, 9.17) is 0 Å². The molecule has 1 spiro atoms. The van der Waals surface area contributed by atoms with Crippen molar-refractivity contribution in [3.05, 3.63) is 30.3 Å². The zero-order chi connectivity index (χ0) is 20.6. The summed E-state index contributed by atoms with van der Waals surface area (Å²) < 4.78 is 27.0. The van der Waals surface area contributed by atoms with Gasteiger partial charge in [0.05, 0.1) is 11.6 Å². The molecule has 0 bridgehead atoms. The molecule has 1 N–H and O–H groups in total. The Morgan fingerprint density at radius 2 is 1.76 bits per heavy atom. The van der Waals surface area contributed by atoms with Crippen molar-refractivity contribution >= 4 is 22.0 Å². The highest BCUT2D eigenvalue weighted by Crippen LogP contribution is 2.38. The molecule has 8 nitrogen and oxygen atoms in total. The molecule has 1 aromatic carbocycles. The topological polar surface area (TPSA) is 90.0 Å². The van der Waals surface area contributed by atoms with Crippen LogP contribution in [0.15, 0.2) is 35.2 Å². The van der Waals surface area contributed by atoms with Crippen LogP contribution in [0.2, 0.25) is 0 Å². The number of amides is 3. The summed E-state index contributed by atoms with van der Waals surface area (Å²) in [6.45, 7) is 3.87. The van der Waals surface area contributed by atoms with Crippen LogP contribution in [0.4, 0.5) is 4.79 Å². The number of piperazine rings is 1. The van der Waals surface area contributed by atoms with Crippen LogP contribution < -0.4 is 5.32 Å². The molecule has 0 aromatic heterocycles. The third-order valence-electron chi connectivity index (χ3n) is 6.56. The Labute approximate surface area is 171 Å². The van der Waals surface area contributed by atoms with E-state index in [1.165, 1.54) is 9.21 Å². The number of nitrogens with zero attached hydrogens (tertiary/aromatic N) is 3. The number of rotatable bonds is 4. The fourth-order valence-electron chi connectivity index (χ4n) is 4.68. The lowest BCUT2D eigenvalue weighted by Crippen LogP contribution is -2.55. The third-order valence-corrected chi connectivity index (χ3v) is 8.47. The van der Waals surface area contributed by atoms with Crippen LogP contribution in [0.5, 0.6) is 0 Å². The van der Waals surface area contributed by atoms with Gasteiger partial charge in [-0.1, -0.05) is 38.0 Å². The van der Waals surface area contributed by atoms with Gasteiger partial charge in [-0.15, -0.1) is 0 Å². The van der Waals surface area contributed by atoms with Crippen molar-refractivity contribution < 1.29 is 18.0 Å². The van der Waals surface area contributed by atoms with Gasteiger partial charge in [-0.25, -0.2) is 18.1 Å². The van der Waals surface area contributed by atoms with Gasteiger partial charge in [0.15, 0.2) is 0 Å². The number of sulfonamides is 1. The lowest BCUT2D eigenvalue weighted by Gasteiger charge is -2.38. The van der Waals surface area contributed by atoms with Crippen molar-refractivity contribution in [1.82, 2.24) is 19.4 Å². The minimum Gasteiger partial charge on any atom is -0.323 e. The van der Waals surface area contributed by atoms with Crippen LogP contribution >= 0.6 is 0 Å². The van der Waals surface area contributed by atoms with E-state index in [-0.39, 0.29) is 29.4 Å². The molecule has 29 heavy (non-hydrogen) atoms. The molecule has 158 valence electrons. The minimum atomic E-state index is -3.52. The molecule has 2 heterocycles. The first-order valence-electron chi connectivity index (χ1n) is 10.3. The summed E-state index contributed by atoms with van der Waals surface area (Å²) in [4.78, 5) is 29.2. The van der Waals surface area contributed by atoms with Gasteiger partial charge < -0.3 is 5.32 Å². The number of urea groups is 1. The summed E-state index contributed by atoms with van der Waals surface area (Å²) in [5, 5.41) is 2.97. The second-order valence-electron chi connectivity index (χ2n) is 8.26. The monoisotopic (exact) mass is 420 g/mol. The number of carbonyl (C=O) groups excluding carboxylic acids is 2. The molecular formula is C20H28N4O4S. The van der Waals surface area contributed by atoms with Crippen molar-refractivity contribution in [1.29, 1.82) is 0 Å². The van der Waals surface area contributed by atoms with Crippen LogP contribution in [0.25, 0.3) is 0 Å². The second-order valence-corrected chi connectivity index (χ2v) is 10.2. The maximum atomic E-state index is 13.1. The fraction of sp³-hybridized carbons (Fsp3) is 0.600. The van der Waals surface area contributed by atoms with Crippen molar-refractivity contribution in [3.8, 4) is 0 Å². The normalized spacial score (nSPS) is 29.4. The number of carbonyl (C=O) groups is 2. The molecule has 2 saturated heterocycles. The minimum absolute atomic E-state index is 0.130. The zero-order valence-electron chi connectivity index (χ0n) is 16.7. The van der Waals surface area contributed by atoms with Gasteiger partial charge in [0.1, 0.15) is 5.54 Å². The van der Waals surface area contributed by atoms with Crippen LogP contribution in [0, 0.1) is 5.92 Å². The molecule has 0 unspecified atom stereocenters. The van der Waals surface area contributed by atoms with E-state index in [9.17, 15) is 18.0 Å². The predicted octanol–water partition coefficient (Wildman–Crippen LogP) is 1.45. The first-order chi connectivity index (χ1) is 13.8. The molecule has 1 saturated carbocycles. The highest BCUT2D eigenvalue weighted by molar-refractivity contribution is 7.89. The summed E-state index contributed by atoms with van der Waals surface area (Å²) >= 11 is 0. The Kier molecular flexibility index (Phi) is 5.39. The lowest BCUT2D eigenvalue weighted by atomic mass is 9.73. The highest BCUT2D eigenvalue weighted by atomic mass is 32.2. The van der Waals surface area contributed by atoms with Crippen LogP contribution in [-0.2, 0) is 14.8 Å². The fourth-order valence-corrected chi connectivity index (χ4v) is 6.12. The van der Waals surface area contributed by atoms with Crippen molar-refractivity contribution in [2.24, 2.45) is 5.92 Å². The lowest BCUT2D eigenvalue weighted by molar-refractivity contribution is -0.135. The summed E-state index contributed by atoms with van der Waals surface area (Å²) in [5.41, 5.74) is -0.756. The number of nitrogens with one attached hydrogen (secondary N) is 1. The summed E-state index contributed by atoms with van der Waals surface area (Å²) in [5.74, 6) is -0.000371. The number of hydrogen-bond donors (Lipinski definition) is 1. The molecule has 3 fully saturated rings. The SMILES string of the molecule is C[C@@H]1CCCC[C@]12NC(=O)N(CN1CCN(S(=O)(=O)c3ccccc3)CC1)C2=O. The van der Waals surface area contributed by atoms with E-state index < -0.39 is 15.6 Å². The van der Waals surface area contributed by atoms with Gasteiger partial charge in [-0.2, -0.15) is 4.31 Å². The molecule has 2 aliphatic heterocycles. The maximum Gasteiger partial charge on any atom is 0.326 e. The Morgan fingerprint density at radius 3 is 2.41 bits per heavy atom. The highest BCUT2D eigenvalue weighted by Gasteiger charge is 2.55. The van der Waals surface area contributed by atoms with Gasteiger partial charge in [-0.05, 0) is 30.9 Å². The number of benzene rings is 1. The van der Waals surface area contributed by atoms with Gasteiger partial charge in [0.2, 0.25) is 10.0 Å². The first kappa shape index (κ1) is 20.3. The van der Waals surface area contributed by atoms with Gasteiger partial charge in [0, 0.05) is 26.2 Å². The molecule has 4 rings (SSSR count). The molecule has 2 atom stereocenters. The Bertz CT molecular complexity index is 883. The second kappa shape index (κ2) is 7.70. The van der Waals surface area contributed by atoms with Crippen LogP contribution in [-0.4, -0.2) is 72.8 Å². The average molecular weight is 421 g/mol. The third kappa shape index (κ3) is 3.55. The van der Waals surface area contributed by atoms with Crippen LogP contribution in [0.1, 0.15) is 32.6 Å². The van der Waals surface area contributed by atoms with Gasteiger partial charge in [-0.3, -0.25) is 9.69 Å². The molecular weight excluding hydrogens is 392 g/mol. The Balaban J connectivity index is 1.39. The van der Waals surface area contributed by atoms with Crippen molar-refractivity contribution in [3.63, 3.8) is 0 Å². The molecule has 1 aromatic rings. The van der Waals surface area contributed by atoms with E-state index in [2.05, 4.69) is 5.32 Å². The largest absolute Gasteiger partial charge is 0.326 e. The first-order valence-corrected chi connectivity index (χ1v) is 11.7. The van der Waals surface area contributed by atoms with E-state index in [0.717, 1.165) is 19.3 Å². The van der Waals surface area contributed by atoms with E-state index in [0.29, 0.717) is 32.6 Å². The van der Waals surface area contributed by atoms with Crippen LogP contribution in [0.3, 0.4) is 0 Å². The molecule has 3 amide bonds. The zero-order valence-corrected chi connectivity index (χ0v) is 17.5. The smallest absolute Gasteiger partial charge is 0.323 e. The molecule has 0 radical (unpaired) electrons. The van der Waals surface area contributed by atoms with Gasteiger partial charge in [0.25, 0.3) is 5.91 Å².